The predicted molar refractivity (Wildman–Crippen MR) is 63.3 cm³/mol. The number of rotatable bonds is 4. The van der Waals surface area contributed by atoms with E-state index in [0.29, 0.717) is 12.2 Å². The third-order valence-electron chi connectivity index (χ3n) is 2.12. The molecule has 3 N–H and O–H groups in total. The van der Waals surface area contributed by atoms with E-state index in [0.717, 1.165) is 0 Å². The number of nitrogens with two attached hydrogens (primary N) is 1. The molecule has 1 heterocycles. The Morgan fingerprint density at radius 2 is 2.25 bits per heavy atom. The van der Waals surface area contributed by atoms with Crippen molar-refractivity contribution in [2.24, 2.45) is 5.73 Å². The highest BCUT2D eigenvalue weighted by Gasteiger charge is 2.05. The van der Waals surface area contributed by atoms with Crippen molar-refractivity contribution in [1.29, 1.82) is 0 Å². The number of hydrogen-bond donors (Lipinski definition) is 2. The molecule has 1 atom stereocenters. The van der Waals surface area contributed by atoms with Crippen LogP contribution in [-0.4, -0.2) is 16.5 Å². The molecule has 5 nitrogen and oxygen atoms in total. The summed E-state index contributed by atoms with van der Waals surface area (Å²) in [6.07, 6.45) is 1.90. The van der Waals surface area contributed by atoms with Gasteiger partial charge in [0, 0.05) is 31.3 Å². The maximum absolute atomic E-state index is 11.4. The van der Waals surface area contributed by atoms with Crippen molar-refractivity contribution in [2.75, 3.05) is 5.32 Å². The molecule has 88 valence electrons. The first-order valence-electron chi connectivity index (χ1n) is 5.29. The number of pyridine rings is 1. The molecule has 0 saturated heterocycles. The van der Waals surface area contributed by atoms with Crippen molar-refractivity contribution in [2.45, 2.75) is 32.9 Å². The van der Waals surface area contributed by atoms with Gasteiger partial charge in [-0.05, 0) is 19.9 Å². The normalized spacial score (nSPS) is 12.2. The smallest absolute Gasteiger partial charge is 0.250 e. The van der Waals surface area contributed by atoms with Gasteiger partial charge in [0.1, 0.15) is 0 Å². The van der Waals surface area contributed by atoms with Crippen molar-refractivity contribution in [3.05, 3.63) is 28.7 Å². The summed E-state index contributed by atoms with van der Waals surface area (Å²) in [6.45, 7) is 4.22. The second kappa shape index (κ2) is 5.46. The van der Waals surface area contributed by atoms with Crippen LogP contribution in [0.5, 0.6) is 0 Å². The van der Waals surface area contributed by atoms with Gasteiger partial charge < -0.3 is 15.6 Å². The van der Waals surface area contributed by atoms with E-state index in [1.807, 2.05) is 6.92 Å². The lowest BCUT2D eigenvalue weighted by atomic mass is 10.2. The van der Waals surface area contributed by atoms with Gasteiger partial charge in [0.05, 0.1) is 5.69 Å². The van der Waals surface area contributed by atoms with Crippen LogP contribution < -0.4 is 16.6 Å². The van der Waals surface area contributed by atoms with E-state index in [4.69, 9.17) is 5.73 Å². The first-order chi connectivity index (χ1) is 7.52. The Labute approximate surface area is 94.3 Å². The Kier molecular flexibility index (Phi) is 4.25. The molecule has 1 aromatic rings. The van der Waals surface area contributed by atoms with Gasteiger partial charge in [-0.15, -0.1) is 0 Å². The van der Waals surface area contributed by atoms with Gasteiger partial charge in [0.2, 0.25) is 5.91 Å². The minimum atomic E-state index is -0.169. The molecule has 0 aliphatic carbocycles. The Morgan fingerprint density at radius 3 is 2.81 bits per heavy atom. The third kappa shape index (κ3) is 3.51. The van der Waals surface area contributed by atoms with Gasteiger partial charge in [0.15, 0.2) is 0 Å². The number of hydrogen-bond acceptors (Lipinski definition) is 3. The van der Waals surface area contributed by atoms with Crippen molar-refractivity contribution >= 4 is 11.6 Å². The van der Waals surface area contributed by atoms with E-state index in [1.165, 1.54) is 10.6 Å². The van der Waals surface area contributed by atoms with Gasteiger partial charge in [-0.3, -0.25) is 9.59 Å². The van der Waals surface area contributed by atoms with Crippen molar-refractivity contribution < 1.29 is 4.79 Å². The first-order valence-corrected chi connectivity index (χ1v) is 5.29. The molecule has 16 heavy (non-hydrogen) atoms. The SMILES string of the molecule is CCn1cc(NC(=O)CC(C)N)ccc1=O. The van der Waals surface area contributed by atoms with Crippen LogP contribution in [0.3, 0.4) is 0 Å². The maximum atomic E-state index is 11.4. The molecular weight excluding hydrogens is 206 g/mol. The lowest BCUT2D eigenvalue weighted by molar-refractivity contribution is -0.116. The molecule has 0 aromatic carbocycles. The number of aromatic nitrogens is 1. The number of aryl methyl sites for hydroxylation is 1. The Bertz CT molecular complexity index is 423. The van der Waals surface area contributed by atoms with Crippen LogP contribution in [0.4, 0.5) is 5.69 Å². The average molecular weight is 223 g/mol. The van der Waals surface area contributed by atoms with Crippen LogP contribution in [0, 0.1) is 0 Å². The quantitative estimate of drug-likeness (QED) is 0.782. The summed E-state index contributed by atoms with van der Waals surface area (Å²) in [4.78, 5) is 22.7. The highest BCUT2D eigenvalue weighted by atomic mass is 16.1. The second-order valence-electron chi connectivity index (χ2n) is 3.77. The fourth-order valence-corrected chi connectivity index (χ4v) is 1.36. The van der Waals surface area contributed by atoms with E-state index >= 15 is 0 Å². The molecule has 1 rings (SSSR count). The molecule has 0 spiro atoms. The largest absolute Gasteiger partial charge is 0.327 e. The first kappa shape index (κ1) is 12.4. The van der Waals surface area contributed by atoms with E-state index in [1.54, 1.807) is 19.2 Å². The summed E-state index contributed by atoms with van der Waals surface area (Å²) in [5, 5.41) is 2.70. The molecule has 1 aromatic heterocycles. The highest BCUT2D eigenvalue weighted by Crippen LogP contribution is 2.04. The highest BCUT2D eigenvalue weighted by molar-refractivity contribution is 5.90. The fraction of sp³-hybridized carbons (Fsp3) is 0.455. The van der Waals surface area contributed by atoms with Gasteiger partial charge in [0.25, 0.3) is 5.56 Å². The van der Waals surface area contributed by atoms with Gasteiger partial charge >= 0.3 is 0 Å². The molecule has 0 aliphatic rings. The zero-order chi connectivity index (χ0) is 12.1. The van der Waals surface area contributed by atoms with Crippen LogP contribution in [-0.2, 0) is 11.3 Å². The lowest BCUT2D eigenvalue weighted by Gasteiger charge is -2.09. The molecule has 0 aliphatic heterocycles. The van der Waals surface area contributed by atoms with Crippen LogP contribution in [0.2, 0.25) is 0 Å². The summed E-state index contributed by atoms with van der Waals surface area (Å²) >= 11 is 0. The number of carbonyl (C=O) groups excluding carboxylic acids is 1. The van der Waals surface area contributed by atoms with Crippen LogP contribution >= 0.6 is 0 Å². The van der Waals surface area contributed by atoms with Gasteiger partial charge in [-0.2, -0.15) is 0 Å². The molecule has 0 radical (unpaired) electrons. The number of amides is 1. The monoisotopic (exact) mass is 223 g/mol. The maximum Gasteiger partial charge on any atom is 0.250 e. The summed E-state index contributed by atoms with van der Waals surface area (Å²) in [7, 11) is 0. The molecule has 1 unspecified atom stereocenters. The zero-order valence-electron chi connectivity index (χ0n) is 9.56. The summed E-state index contributed by atoms with van der Waals surface area (Å²) < 4.78 is 1.53. The van der Waals surface area contributed by atoms with E-state index in [-0.39, 0.29) is 23.9 Å². The van der Waals surface area contributed by atoms with Crippen molar-refractivity contribution in [3.63, 3.8) is 0 Å². The van der Waals surface area contributed by atoms with Crippen molar-refractivity contribution in [1.82, 2.24) is 4.57 Å². The molecule has 0 bridgehead atoms. The van der Waals surface area contributed by atoms with Crippen LogP contribution in [0.1, 0.15) is 20.3 Å². The second-order valence-corrected chi connectivity index (χ2v) is 3.77. The molecular formula is C11H17N3O2. The van der Waals surface area contributed by atoms with Crippen LogP contribution in [0.25, 0.3) is 0 Å². The summed E-state index contributed by atoms with van der Waals surface area (Å²) in [6, 6.07) is 2.86. The standard InChI is InChI=1S/C11H17N3O2/c1-3-14-7-9(4-5-11(14)16)13-10(15)6-8(2)12/h4-5,7-8H,3,6,12H2,1-2H3,(H,13,15). The third-order valence-corrected chi connectivity index (χ3v) is 2.12. The Morgan fingerprint density at radius 1 is 1.56 bits per heavy atom. The number of nitrogens with zero attached hydrogens (tertiary/aromatic N) is 1. The molecule has 5 heteroatoms. The number of carbonyl (C=O) groups is 1. The van der Waals surface area contributed by atoms with Gasteiger partial charge in [-0.1, -0.05) is 0 Å². The lowest BCUT2D eigenvalue weighted by Crippen LogP contribution is -2.25. The molecule has 0 fully saturated rings. The van der Waals surface area contributed by atoms with E-state index in [2.05, 4.69) is 5.32 Å². The van der Waals surface area contributed by atoms with Crippen molar-refractivity contribution in [3.8, 4) is 0 Å². The van der Waals surface area contributed by atoms with Crippen LogP contribution in [0.15, 0.2) is 23.1 Å². The number of nitrogens with one attached hydrogen (secondary N) is 1. The topological polar surface area (TPSA) is 77.1 Å². The summed E-state index contributed by atoms with van der Waals surface area (Å²) in [5.74, 6) is -0.142. The number of anilines is 1. The Balaban J connectivity index is 2.74. The average Bonchev–Trinajstić information content (AvgIpc) is 2.19. The molecule has 0 saturated carbocycles. The van der Waals surface area contributed by atoms with Gasteiger partial charge in [-0.25, -0.2) is 0 Å². The fourth-order valence-electron chi connectivity index (χ4n) is 1.36. The molecule has 1 amide bonds. The predicted octanol–water partition coefficient (Wildman–Crippen LogP) is 0.544. The van der Waals surface area contributed by atoms with E-state index in [9.17, 15) is 9.59 Å². The zero-order valence-corrected chi connectivity index (χ0v) is 9.56. The van der Waals surface area contributed by atoms with E-state index < -0.39 is 0 Å². The summed E-state index contributed by atoms with van der Waals surface area (Å²) in [5.41, 5.74) is 6.05. The minimum absolute atomic E-state index is 0.0762. The minimum Gasteiger partial charge on any atom is -0.327 e. The Hall–Kier alpha value is -1.62.